The molecule has 0 fully saturated rings. The summed E-state index contributed by atoms with van der Waals surface area (Å²) in [6, 6.07) is 13.9. The van der Waals surface area contributed by atoms with Crippen molar-refractivity contribution in [2.45, 2.75) is 66.1 Å². The SMILES string of the molecule is CC[C@@H](C(=O)NC(C)(C)C)N(Cc1ccc(C)cc1)C(=O)CN(c1ccc(C)cc1)S(C)(=O)=O. The lowest BCUT2D eigenvalue weighted by Crippen LogP contribution is -2.55. The largest absolute Gasteiger partial charge is 0.350 e. The van der Waals surface area contributed by atoms with E-state index in [-0.39, 0.29) is 12.5 Å². The topological polar surface area (TPSA) is 86.8 Å². The van der Waals surface area contributed by atoms with Crippen molar-refractivity contribution in [3.63, 3.8) is 0 Å². The average Bonchev–Trinajstić information content (AvgIpc) is 2.72. The van der Waals surface area contributed by atoms with Gasteiger partial charge in [0.1, 0.15) is 12.6 Å². The summed E-state index contributed by atoms with van der Waals surface area (Å²) in [6.45, 7) is 11.2. The van der Waals surface area contributed by atoms with Crippen LogP contribution in [0.5, 0.6) is 0 Å². The van der Waals surface area contributed by atoms with Crippen LogP contribution in [-0.2, 0) is 26.2 Å². The van der Waals surface area contributed by atoms with Crippen molar-refractivity contribution in [1.29, 1.82) is 0 Å². The van der Waals surface area contributed by atoms with Crippen molar-refractivity contribution in [3.05, 3.63) is 65.2 Å². The number of hydrogen-bond donors (Lipinski definition) is 1. The van der Waals surface area contributed by atoms with Gasteiger partial charge in [0.05, 0.1) is 11.9 Å². The molecule has 0 unspecified atom stereocenters. The molecule has 2 aromatic rings. The Morgan fingerprint density at radius 1 is 0.941 bits per heavy atom. The molecule has 1 N–H and O–H groups in total. The molecule has 0 bridgehead atoms. The highest BCUT2D eigenvalue weighted by atomic mass is 32.2. The van der Waals surface area contributed by atoms with Crippen molar-refractivity contribution < 1.29 is 18.0 Å². The second kappa shape index (κ2) is 11.0. The molecule has 0 saturated heterocycles. The van der Waals surface area contributed by atoms with Crippen LogP contribution in [0, 0.1) is 13.8 Å². The third-order valence-electron chi connectivity index (χ3n) is 5.36. The Kier molecular flexibility index (Phi) is 8.89. The molecule has 8 heteroatoms. The molecular weight excluding hydrogens is 450 g/mol. The van der Waals surface area contributed by atoms with Gasteiger partial charge >= 0.3 is 0 Å². The summed E-state index contributed by atoms with van der Waals surface area (Å²) >= 11 is 0. The van der Waals surface area contributed by atoms with Gasteiger partial charge in [-0.05, 0) is 58.7 Å². The van der Waals surface area contributed by atoms with Crippen LogP contribution in [0.3, 0.4) is 0 Å². The van der Waals surface area contributed by atoms with Gasteiger partial charge in [-0.25, -0.2) is 8.42 Å². The Balaban J connectivity index is 2.43. The molecule has 7 nitrogen and oxygen atoms in total. The van der Waals surface area contributed by atoms with E-state index in [0.717, 1.165) is 27.3 Å². The van der Waals surface area contributed by atoms with E-state index in [0.29, 0.717) is 12.1 Å². The van der Waals surface area contributed by atoms with Crippen LogP contribution in [0.25, 0.3) is 0 Å². The third-order valence-corrected chi connectivity index (χ3v) is 6.50. The predicted molar refractivity (Wildman–Crippen MR) is 137 cm³/mol. The smallest absolute Gasteiger partial charge is 0.244 e. The van der Waals surface area contributed by atoms with Gasteiger partial charge < -0.3 is 10.2 Å². The Hall–Kier alpha value is -2.87. The number of benzene rings is 2. The van der Waals surface area contributed by atoms with E-state index in [1.165, 1.54) is 4.90 Å². The first-order chi connectivity index (χ1) is 15.7. The predicted octanol–water partition coefficient (Wildman–Crippen LogP) is 3.79. The van der Waals surface area contributed by atoms with E-state index in [1.807, 2.05) is 65.8 Å². The number of hydrogen-bond acceptors (Lipinski definition) is 4. The summed E-state index contributed by atoms with van der Waals surface area (Å²) < 4.78 is 26.3. The molecule has 34 heavy (non-hydrogen) atoms. The highest BCUT2D eigenvalue weighted by molar-refractivity contribution is 7.92. The Morgan fingerprint density at radius 2 is 1.44 bits per heavy atom. The minimum absolute atomic E-state index is 0.195. The van der Waals surface area contributed by atoms with Crippen LogP contribution >= 0.6 is 0 Å². The lowest BCUT2D eigenvalue weighted by atomic mass is 10.1. The Labute approximate surface area is 204 Å². The molecule has 2 aromatic carbocycles. The first-order valence-corrected chi connectivity index (χ1v) is 13.3. The number of amides is 2. The van der Waals surface area contributed by atoms with E-state index in [9.17, 15) is 18.0 Å². The maximum absolute atomic E-state index is 13.6. The van der Waals surface area contributed by atoms with E-state index in [2.05, 4.69) is 5.32 Å². The minimum atomic E-state index is -3.73. The lowest BCUT2D eigenvalue weighted by molar-refractivity contribution is -0.141. The molecule has 1 atom stereocenters. The summed E-state index contributed by atoms with van der Waals surface area (Å²) in [5.74, 6) is -0.709. The summed E-state index contributed by atoms with van der Waals surface area (Å²) in [7, 11) is -3.73. The number of sulfonamides is 1. The fourth-order valence-corrected chi connectivity index (χ4v) is 4.44. The van der Waals surface area contributed by atoms with Gasteiger partial charge in [-0.1, -0.05) is 54.4 Å². The second-order valence-electron chi connectivity index (χ2n) is 9.78. The molecule has 0 radical (unpaired) electrons. The Morgan fingerprint density at radius 3 is 1.88 bits per heavy atom. The normalized spacial score (nSPS) is 12.7. The summed E-state index contributed by atoms with van der Waals surface area (Å²) in [5.41, 5.74) is 2.87. The van der Waals surface area contributed by atoms with Gasteiger partial charge in [0.2, 0.25) is 21.8 Å². The molecule has 0 aliphatic heterocycles. The van der Waals surface area contributed by atoms with Gasteiger partial charge in [0.25, 0.3) is 0 Å². The number of rotatable bonds is 9. The third kappa shape index (κ3) is 7.87. The number of carbonyl (C=O) groups excluding carboxylic acids is 2. The van der Waals surface area contributed by atoms with Crippen LogP contribution in [0.2, 0.25) is 0 Å². The molecule has 2 rings (SSSR count). The van der Waals surface area contributed by atoms with Gasteiger partial charge in [0.15, 0.2) is 0 Å². The molecule has 2 amide bonds. The molecule has 0 aliphatic carbocycles. The number of anilines is 1. The van der Waals surface area contributed by atoms with Crippen molar-refractivity contribution >= 4 is 27.5 Å². The standard InChI is InChI=1S/C26H37N3O4S/c1-8-23(25(31)27-26(4,5)6)28(17-21-13-9-19(2)10-14-21)24(30)18-29(34(7,32)33)22-15-11-20(3)12-16-22/h9-16,23H,8,17-18H2,1-7H3,(H,27,31)/t23-/m0/s1. The van der Waals surface area contributed by atoms with Crippen LogP contribution in [0.1, 0.15) is 50.8 Å². The first-order valence-electron chi connectivity index (χ1n) is 11.4. The van der Waals surface area contributed by atoms with E-state index in [1.54, 1.807) is 24.3 Å². The molecular formula is C26H37N3O4S. The zero-order valence-electron chi connectivity index (χ0n) is 21.3. The van der Waals surface area contributed by atoms with Crippen LogP contribution in [0.4, 0.5) is 5.69 Å². The number of aryl methyl sites for hydroxylation is 2. The average molecular weight is 488 g/mol. The highest BCUT2D eigenvalue weighted by Crippen LogP contribution is 2.20. The van der Waals surface area contributed by atoms with Crippen molar-refractivity contribution in [2.24, 2.45) is 0 Å². The Bertz CT molecular complexity index is 1090. The minimum Gasteiger partial charge on any atom is -0.350 e. The van der Waals surface area contributed by atoms with Gasteiger partial charge in [0, 0.05) is 12.1 Å². The molecule has 0 spiro atoms. The zero-order valence-corrected chi connectivity index (χ0v) is 22.1. The van der Waals surface area contributed by atoms with Crippen molar-refractivity contribution in [3.8, 4) is 0 Å². The molecule has 0 aromatic heterocycles. The van der Waals surface area contributed by atoms with Crippen LogP contribution < -0.4 is 9.62 Å². The highest BCUT2D eigenvalue weighted by Gasteiger charge is 2.33. The lowest BCUT2D eigenvalue weighted by Gasteiger charge is -2.34. The fraction of sp³-hybridized carbons (Fsp3) is 0.462. The van der Waals surface area contributed by atoms with E-state index >= 15 is 0 Å². The number of nitrogens with zero attached hydrogens (tertiary/aromatic N) is 2. The van der Waals surface area contributed by atoms with Gasteiger partial charge in [-0.2, -0.15) is 0 Å². The number of carbonyl (C=O) groups is 2. The van der Waals surface area contributed by atoms with Gasteiger partial charge in [-0.3, -0.25) is 13.9 Å². The fourth-order valence-electron chi connectivity index (χ4n) is 3.59. The van der Waals surface area contributed by atoms with Crippen LogP contribution in [-0.4, -0.2) is 49.5 Å². The summed E-state index contributed by atoms with van der Waals surface area (Å²) in [6.07, 6.45) is 1.47. The van der Waals surface area contributed by atoms with Gasteiger partial charge in [-0.15, -0.1) is 0 Å². The molecule has 0 saturated carbocycles. The molecule has 0 aliphatic rings. The van der Waals surface area contributed by atoms with Crippen molar-refractivity contribution in [2.75, 3.05) is 17.1 Å². The molecule has 0 heterocycles. The zero-order chi connectivity index (χ0) is 25.7. The monoisotopic (exact) mass is 487 g/mol. The van der Waals surface area contributed by atoms with E-state index < -0.39 is 34.1 Å². The quantitative estimate of drug-likeness (QED) is 0.583. The maximum atomic E-state index is 13.6. The molecule has 186 valence electrons. The summed E-state index contributed by atoms with van der Waals surface area (Å²) in [5, 5.41) is 2.96. The summed E-state index contributed by atoms with van der Waals surface area (Å²) in [4.78, 5) is 28.2. The van der Waals surface area contributed by atoms with Crippen molar-refractivity contribution in [1.82, 2.24) is 10.2 Å². The second-order valence-corrected chi connectivity index (χ2v) is 11.7. The number of nitrogens with one attached hydrogen (secondary N) is 1. The van der Waals surface area contributed by atoms with E-state index in [4.69, 9.17) is 0 Å². The van der Waals surface area contributed by atoms with Crippen LogP contribution in [0.15, 0.2) is 48.5 Å². The maximum Gasteiger partial charge on any atom is 0.244 e. The first kappa shape index (κ1) is 27.4.